The van der Waals surface area contributed by atoms with Crippen LogP contribution in [0.1, 0.15) is 20.8 Å². The van der Waals surface area contributed by atoms with Crippen LogP contribution in [0.3, 0.4) is 0 Å². The van der Waals surface area contributed by atoms with Gasteiger partial charge in [-0.1, -0.05) is 19.7 Å². The van der Waals surface area contributed by atoms with E-state index in [1.165, 1.54) is 0 Å². The summed E-state index contributed by atoms with van der Waals surface area (Å²) >= 11 is 0. The minimum Gasteiger partial charge on any atom is -0.368 e. The molecule has 3 amide bonds. The molecule has 1 rings (SSSR count). The van der Waals surface area contributed by atoms with Gasteiger partial charge in [-0.3, -0.25) is 14.4 Å². The number of hydrogen-bond acceptors (Lipinski definition) is 9. The smallest absolute Gasteiger partial charge is 0.243 e. The molecule has 27 heavy (non-hydrogen) atoms. The highest BCUT2D eigenvalue weighted by Gasteiger charge is 1.94. The number of anilines is 3. The normalized spacial score (nSPS) is 8.11. The molecule has 0 spiro atoms. The lowest BCUT2D eigenvalue weighted by Crippen LogP contribution is -2.10. The van der Waals surface area contributed by atoms with Crippen LogP contribution < -0.4 is 34.4 Å². The Morgan fingerprint density at radius 1 is 0.593 bits per heavy atom. The quantitative estimate of drug-likeness (QED) is 0.342. The maximum Gasteiger partial charge on any atom is 0.243 e. The molecule has 0 bridgehead atoms. The highest BCUT2D eigenvalue weighted by atomic mass is 16.2. The molecule has 150 valence electrons. The molecule has 0 aliphatic rings. The van der Waals surface area contributed by atoms with Crippen molar-refractivity contribution in [1.29, 1.82) is 0 Å². The molecule has 1 aromatic rings. The lowest BCUT2D eigenvalue weighted by atomic mass is 10.3. The Kier molecular flexibility index (Phi) is 14.9. The minimum atomic E-state index is -0.435. The van der Waals surface area contributed by atoms with Crippen molar-refractivity contribution < 1.29 is 14.4 Å². The number of carbonyl (C=O) groups is 3. The number of primary amides is 3. The lowest BCUT2D eigenvalue weighted by Gasteiger charge is -1.93. The molecule has 12 nitrogen and oxygen atoms in total. The molecule has 0 unspecified atom stereocenters. The summed E-state index contributed by atoms with van der Waals surface area (Å²) in [5, 5.41) is 0. The zero-order chi connectivity index (χ0) is 22.3. The number of nitrogens with zero attached hydrogens (tertiary/aromatic N) is 3. The Morgan fingerprint density at radius 3 is 0.778 bits per heavy atom. The third-order valence-electron chi connectivity index (χ3n) is 1.95. The summed E-state index contributed by atoms with van der Waals surface area (Å²) in [6.07, 6.45) is 0. The fourth-order valence-corrected chi connectivity index (χ4v) is 0.427. The van der Waals surface area contributed by atoms with Crippen molar-refractivity contribution in [3.63, 3.8) is 0 Å². The van der Waals surface area contributed by atoms with Gasteiger partial charge in [-0.15, -0.1) is 0 Å². The predicted octanol–water partition coefficient (Wildman–Crippen LogP) is -1.24. The number of rotatable bonds is 3. The van der Waals surface area contributed by atoms with E-state index in [9.17, 15) is 14.4 Å². The third-order valence-corrected chi connectivity index (χ3v) is 1.95. The van der Waals surface area contributed by atoms with Crippen molar-refractivity contribution in [3.8, 4) is 0 Å². The molecule has 0 fully saturated rings. The van der Waals surface area contributed by atoms with Crippen LogP contribution in [0.4, 0.5) is 17.8 Å². The second kappa shape index (κ2) is 14.4. The van der Waals surface area contributed by atoms with E-state index < -0.39 is 17.7 Å². The Labute approximate surface area is 157 Å². The van der Waals surface area contributed by atoms with E-state index in [2.05, 4.69) is 34.7 Å². The standard InChI is InChI=1S/3C4H7NO.C3H6N6/c3*1-3(2)4(5)6;4-1-7-2(5)9-3(6)8-1/h3*1H2,2H3,(H2,5,6);(H6,4,5,6,7,8,9). The SMILES string of the molecule is C=C(C)C(N)=O.C=C(C)C(N)=O.C=C(C)C(N)=O.Nc1nc(N)nc(N)n1. The molecule has 1 aromatic heterocycles. The molecule has 0 aliphatic heterocycles. The molecule has 0 atom stereocenters. The Bertz CT molecular complexity index is 571. The first-order chi connectivity index (χ1) is 12.1. The van der Waals surface area contributed by atoms with Crippen molar-refractivity contribution in [3.05, 3.63) is 36.5 Å². The predicted molar refractivity (Wildman–Crippen MR) is 105 cm³/mol. The summed E-state index contributed by atoms with van der Waals surface area (Å²) in [6.45, 7) is 14.6. The van der Waals surface area contributed by atoms with Crippen LogP contribution in [0.2, 0.25) is 0 Å². The maximum absolute atomic E-state index is 9.82. The van der Waals surface area contributed by atoms with Crippen LogP contribution >= 0.6 is 0 Å². The first kappa shape index (κ1) is 27.9. The number of nitrogen functional groups attached to an aromatic ring is 3. The zero-order valence-corrected chi connectivity index (χ0v) is 15.7. The van der Waals surface area contributed by atoms with E-state index in [4.69, 9.17) is 34.4 Å². The lowest BCUT2D eigenvalue weighted by molar-refractivity contribution is -0.115. The fraction of sp³-hybridized carbons (Fsp3) is 0.200. The van der Waals surface area contributed by atoms with Crippen LogP contribution in [-0.2, 0) is 14.4 Å². The Balaban J connectivity index is -0.000000291. The van der Waals surface area contributed by atoms with Crippen molar-refractivity contribution in [2.45, 2.75) is 20.8 Å². The van der Waals surface area contributed by atoms with Crippen LogP contribution in [0.25, 0.3) is 0 Å². The number of nitrogens with two attached hydrogens (primary N) is 6. The van der Waals surface area contributed by atoms with Gasteiger partial charge in [0.15, 0.2) is 0 Å². The summed E-state index contributed by atoms with van der Waals surface area (Å²) in [5.74, 6) is -1.18. The summed E-state index contributed by atoms with van der Waals surface area (Å²) in [6, 6.07) is 0. The van der Waals surface area contributed by atoms with Crippen LogP contribution in [0.15, 0.2) is 36.5 Å². The Hall–Kier alpha value is -3.96. The minimum absolute atomic E-state index is 0.0417. The fourth-order valence-electron chi connectivity index (χ4n) is 0.427. The van der Waals surface area contributed by atoms with Gasteiger partial charge in [0.05, 0.1) is 0 Å². The second-order valence-electron chi connectivity index (χ2n) is 4.84. The molecule has 0 radical (unpaired) electrons. The third kappa shape index (κ3) is 22.0. The topological polar surface area (TPSA) is 246 Å². The van der Waals surface area contributed by atoms with Crippen LogP contribution in [-0.4, -0.2) is 32.7 Å². The second-order valence-corrected chi connectivity index (χ2v) is 4.84. The first-order valence-corrected chi connectivity index (χ1v) is 7.00. The average molecular weight is 381 g/mol. The summed E-state index contributed by atoms with van der Waals surface area (Å²) in [4.78, 5) is 39.9. The van der Waals surface area contributed by atoms with E-state index >= 15 is 0 Å². The van der Waals surface area contributed by atoms with Crippen molar-refractivity contribution in [1.82, 2.24) is 15.0 Å². The van der Waals surface area contributed by atoms with Gasteiger partial charge < -0.3 is 34.4 Å². The van der Waals surface area contributed by atoms with Gasteiger partial charge >= 0.3 is 0 Å². The first-order valence-electron chi connectivity index (χ1n) is 7.00. The van der Waals surface area contributed by atoms with Gasteiger partial charge in [-0.2, -0.15) is 15.0 Å². The van der Waals surface area contributed by atoms with Gasteiger partial charge in [0.25, 0.3) is 0 Å². The zero-order valence-electron chi connectivity index (χ0n) is 15.7. The number of carbonyl (C=O) groups excluding carboxylic acids is 3. The largest absolute Gasteiger partial charge is 0.368 e. The molecule has 0 saturated carbocycles. The molecule has 12 heteroatoms. The van der Waals surface area contributed by atoms with E-state index in [1.54, 1.807) is 20.8 Å². The molecule has 1 heterocycles. The highest BCUT2D eigenvalue weighted by Crippen LogP contribution is 1.97. The number of aromatic nitrogens is 3. The number of hydrogen-bond donors (Lipinski definition) is 6. The van der Waals surface area contributed by atoms with Gasteiger partial charge in [-0.05, 0) is 20.8 Å². The molecule has 0 aromatic carbocycles. The molecule has 0 saturated heterocycles. The Morgan fingerprint density at radius 2 is 0.704 bits per heavy atom. The molecular weight excluding hydrogens is 354 g/mol. The highest BCUT2D eigenvalue weighted by molar-refractivity contribution is 5.91. The monoisotopic (exact) mass is 381 g/mol. The van der Waals surface area contributed by atoms with Gasteiger partial charge in [0.2, 0.25) is 35.6 Å². The van der Waals surface area contributed by atoms with E-state index in [0.717, 1.165) is 0 Å². The van der Waals surface area contributed by atoms with Crippen LogP contribution in [0.5, 0.6) is 0 Å². The molecule has 12 N–H and O–H groups in total. The average Bonchev–Trinajstić information content (AvgIpc) is 2.47. The van der Waals surface area contributed by atoms with Crippen LogP contribution in [0, 0.1) is 0 Å². The molecular formula is C15H27N9O3. The summed E-state index contributed by atoms with van der Waals surface area (Å²) < 4.78 is 0. The van der Waals surface area contributed by atoms with Crippen molar-refractivity contribution >= 4 is 35.6 Å². The summed E-state index contributed by atoms with van der Waals surface area (Å²) in [7, 11) is 0. The van der Waals surface area contributed by atoms with E-state index in [-0.39, 0.29) is 17.8 Å². The van der Waals surface area contributed by atoms with E-state index in [0.29, 0.717) is 16.7 Å². The van der Waals surface area contributed by atoms with Crippen molar-refractivity contribution in [2.75, 3.05) is 17.2 Å². The van der Waals surface area contributed by atoms with Gasteiger partial charge in [-0.25, -0.2) is 0 Å². The molecule has 0 aliphatic carbocycles. The van der Waals surface area contributed by atoms with Gasteiger partial charge in [0, 0.05) is 16.7 Å². The summed E-state index contributed by atoms with van der Waals surface area (Å²) in [5.41, 5.74) is 30.7. The van der Waals surface area contributed by atoms with Gasteiger partial charge in [0.1, 0.15) is 0 Å². The van der Waals surface area contributed by atoms with E-state index in [1.807, 2.05) is 0 Å². The maximum atomic E-state index is 9.82. The number of amides is 3. The van der Waals surface area contributed by atoms with Crippen molar-refractivity contribution in [2.24, 2.45) is 17.2 Å².